The summed E-state index contributed by atoms with van der Waals surface area (Å²) in [6, 6.07) is 2.28. The number of ether oxygens (including phenoxy) is 1. The van der Waals surface area contributed by atoms with E-state index >= 15 is 0 Å². The largest absolute Gasteiger partial charge is 0.469 e. The van der Waals surface area contributed by atoms with Gasteiger partial charge in [0.05, 0.1) is 18.0 Å². The zero-order valence-electron chi connectivity index (χ0n) is 11.3. The molecular weight excluding hydrogens is 267 g/mol. The molecule has 0 amide bonds. The minimum atomic E-state index is -0.524. The molecule has 1 aromatic rings. The van der Waals surface area contributed by atoms with Crippen molar-refractivity contribution >= 4 is 17.3 Å². The molecule has 0 radical (unpaired) electrons. The molecular formula is C13H15FN2O4. The molecule has 1 aliphatic rings. The van der Waals surface area contributed by atoms with Gasteiger partial charge in [-0.2, -0.15) is 0 Å². The highest BCUT2D eigenvalue weighted by atomic mass is 19.1. The fourth-order valence-electron chi connectivity index (χ4n) is 2.53. The Bertz CT molecular complexity index is 562. The van der Waals surface area contributed by atoms with E-state index in [-0.39, 0.29) is 28.8 Å². The van der Waals surface area contributed by atoms with Gasteiger partial charge in [0.2, 0.25) is 0 Å². The molecule has 1 saturated heterocycles. The Morgan fingerprint density at radius 1 is 1.55 bits per heavy atom. The SMILES string of the molecule is COC(=O)C1CCN(c2cc(F)cc(C)c2[N+](=O)[O-])C1. The summed E-state index contributed by atoms with van der Waals surface area (Å²) < 4.78 is 18.2. The van der Waals surface area contributed by atoms with Crippen LogP contribution in [0.2, 0.25) is 0 Å². The molecule has 0 aromatic heterocycles. The number of nitro groups is 1. The van der Waals surface area contributed by atoms with E-state index in [9.17, 15) is 19.3 Å². The molecule has 0 spiro atoms. The fourth-order valence-corrected chi connectivity index (χ4v) is 2.53. The van der Waals surface area contributed by atoms with Crippen molar-refractivity contribution in [2.75, 3.05) is 25.1 Å². The summed E-state index contributed by atoms with van der Waals surface area (Å²) in [5.74, 6) is -1.20. The highest BCUT2D eigenvalue weighted by molar-refractivity contribution is 5.75. The number of nitro benzene ring substituents is 1. The fraction of sp³-hybridized carbons (Fsp3) is 0.462. The molecule has 7 heteroatoms. The van der Waals surface area contributed by atoms with Crippen LogP contribution in [-0.2, 0) is 9.53 Å². The Balaban J connectivity index is 2.34. The lowest BCUT2D eigenvalue weighted by molar-refractivity contribution is -0.384. The minimum absolute atomic E-state index is 0.114. The summed E-state index contributed by atoms with van der Waals surface area (Å²) in [6.07, 6.45) is 0.541. The van der Waals surface area contributed by atoms with E-state index in [2.05, 4.69) is 4.74 Å². The Morgan fingerprint density at radius 3 is 2.85 bits per heavy atom. The molecule has 0 saturated carbocycles. The van der Waals surface area contributed by atoms with Gasteiger partial charge in [0.15, 0.2) is 0 Å². The Labute approximate surface area is 115 Å². The second-order valence-electron chi connectivity index (χ2n) is 4.80. The summed E-state index contributed by atoms with van der Waals surface area (Å²) >= 11 is 0. The zero-order valence-corrected chi connectivity index (χ0v) is 11.3. The van der Waals surface area contributed by atoms with Crippen LogP contribution in [0, 0.1) is 28.8 Å². The van der Waals surface area contributed by atoms with E-state index in [1.807, 2.05) is 0 Å². The maximum atomic E-state index is 13.5. The van der Waals surface area contributed by atoms with Crippen molar-refractivity contribution < 1.29 is 18.8 Å². The number of aryl methyl sites for hydroxylation is 1. The smallest absolute Gasteiger partial charge is 0.310 e. The van der Waals surface area contributed by atoms with E-state index in [4.69, 9.17) is 0 Å². The molecule has 0 bridgehead atoms. The number of halogens is 1. The van der Waals surface area contributed by atoms with Gasteiger partial charge in [0.25, 0.3) is 5.69 Å². The van der Waals surface area contributed by atoms with Crippen LogP contribution in [0.4, 0.5) is 15.8 Å². The second-order valence-corrected chi connectivity index (χ2v) is 4.80. The highest BCUT2D eigenvalue weighted by Crippen LogP contribution is 2.35. The predicted octanol–water partition coefficient (Wildman–Crippen LogP) is 2.04. The van der Waals surface area contributed by atoms with E-state index in [0.29, 0.717) is 19.5 Å². The first-order chi connectivity index (χ1) is 9.43. The number of esters is 1. The summed E-state index contributed by atoms with van der Waals surface area (Å²) in [5.41, 5.74) is 0.377. The Kier molecular flexibility index (Phi) is 3.87. The average Bonchev–Trinajstić information content (AvgIpc) is 2.85. The first kappa shape index (κ1) is 14.2. The number of benzene rings is 1. The molecule has 0 N–H and O–H groups in total. The Hall–Kier alpha value is -2.18. The van der Waals surface area contributed by atoms with Crippen LogP contribution < -0.4 is 4.90 Å². The van der Waals surface area contributed by atoms with Gasteiger partial charge in [0, 0.05) is 24.7 Å². The standard InChI is InChI=1S/C13H15FN2O4/c1-8-5-10(14)6-11(12(8)16(18)19)15-4-3-9(7-15)13(17)20-2/h5-6,9H,3-4,7H2,1-2H3. The van der Waals surface area contributed by atoms with Crippen molar-refractivity contribution in [2.45, 2.75) is 13.3 Å². The van der Waals surface area contributed by atoms with Crippen molar-refractivity contribution in [2.24, 2.45) is 5.92 Å². The summed E-state index contributed by atoms with van der Waals surface area (Å²) in [5, 5.41) is 11.1. The Morgan fingerprint density at radius 2 is 2.25 bits per heavy atom. The topological polar surface area (TPSA) is 72.7 Å². The molecule has 0 aliphatic carbocycles. The third-order valence-electron chi connectivity index (χ3n) is 3.49. The van der Waals surface area contributed by atoms with Crippen molar-refractivity contribution in [3.8, 4) is 0 Å². The molecule has 1 unspecified atom stereocenters. The monoisotopic (exact) mass is 282 g/mol. The number of anilines is 1. The van der Waals surface area contributed by atoms with Crippen molar-refractivity contribution in [1.29, 1.82) is 0 Å². The lowest BCUT2D eigenvalue weighted by atomic mass is 10.1. The molecule has 1 aromatic carbocycles. The maximum Gasteiger partial charge on any atom is 0.310 e. The molecule has 2 rings (SSSR count). The highest BCUT2D eigenvalue weighted by Gasteiger charge is 2.33. The molecule has 1 atom stereocenters. The molecule has 1 heterocycles. The van der Waals surface area contributed by atoms with E-state index < -0.39 is 10.7 Å². The van der Waals surface area contributed by atoms with Crippen LogP contribution in [0.3, 0.4) is 0 Å². The third kappa shape index (κ3) is 2.56. The van der Waals surface area contributed by atoms with Gasteiger partial charge < -0.3 is 9.64 Å². The third-order valence-corrected chi connectivity index (χ3v) is 3.49. The van der Waals surface area contributed by atoms with Crippen molar-refractivity contribution in [1.82, 2.24) is 0 Å². The lowest BCUT2D eigenvalue weighted by Crippen LogP contribution is -2.24. The van der Waals surface area contributed by atoms with Crippen LogP contribution in [-0.4, -0.2) is 31.1 Å². The van der Waals surface area contributed by atoms with Gasteiger partial charge in [-0.1, -0.05) is 0 Å². The first-order valence-electron chi connectivity index (χ1n) is 6.21. The van der Waals surface area contributed by atoms with Crippen LogP contribution >= 0.6 is 0 Å². The summed E-state index contributed by atoms with van der Waals surface area (Å²) in [4.78, 5) is 23.8. The van der Waals surface area contributed by atoms with Gasteiger partial charge in [-0.15, -0.1) is 0 Å². The summed E-state index contributed by atoms with van der Waals surface area (Å²) in [6.45, 7) is 2.26. The molecule has 20 heavy (non-hydrogen) atoms. The molecule has 1 fully saturated rings. The van der Waals surface area contributed by atoms with E-state index in [0.717, 1.165) is 12.1 Å². The average molecular weight is 282 g/mol. The van der Waals surface area contributed by atoms with E-state index in [1.54, 1.807) is 4.90 Å². The molecule has 1 aliphatic heterocycles. The maximum absolute atomic E-state index is 13.5. The predicted molar refractivity (Wildman–Crippen MR) is 70.1 cm³/mol. The minimum Gasteiger partial charge on any atom is -0.469 e. The van der Waals surface area contributed by atoms with Gasteiger partial charge in [-0.25, -0.2) is 4.39 Å². The first-order valence-corrected chi connectivity index (χ1v) is 6.21. The number of nitrogens with zero attached hydrogens (tertiary/aromatic N) is 2. The number of hydrogen-bond donors (Lipinski definition) is 0. The number of methoxy groups -OCH3 is 1. The molecule has 108 valence electrons. The van der Waals surface area contributed by atoms with Crippen LogP contribution in [0.25, 0.3) is 0 Å². The molecule has 6 nitrogen and oxygen atoms in total. The number of carbonyl (C=O) groups is 1. The van der Waals surface area contributed by atoms with Crippen LogP contribution in [0.5, 0.6) is 0 Å². The van der Waals surface area contributed by atoms with Crippen LogP contribution in [0.1, 0.15) is 12.0 Å². The van der Waals surface area contributed by atoms with E-state index in [1.165, 1.54) is 14.0 Å². The number of hydrogen-bond acceptors (Lipinski definition) is 5. The van der Waals surface area contributed by atoms with Gasteiger partial charge in [-0.3, -0.25) is 14.9 Å². The zero-order chi connectivity index (χ0) is 14.9. The number of carbonyl (C=O) groups excluding carboxylic acids is 1. The normalized spacial score (nSPS) is 18.1. The number of rotatable bonds is 3. The second kappa shape index (κ2) is 5.44. The van der Waals surface area contributed by atoms with Gasteiger partial charge in [-0.05, 0) is 19.4 Å². The lowest BCUT2D eigenvalue weighted by Gasteiger charge is -2.19. The van der Waals surface area contributed by atoms with Gasteiger partial charge >= 0.3 is 5.97 Å². The van der Waals surface area contributed by atoms with Crippen molar-refractivity contribution in [3.05, 3.63) is 33.6 Å². The quantitative estimate of drug-likeness (QED) is 0.482. The van der Waals surface area contributed by atoms with Crippen LogP contribution in [0.15, 0.2) is 12.1 Å². The van der Waals surface area contributed by atoms with Crippen molar-refractivity contribution in [3.63, 3.8) is 0 Å². The van der Waals surface area contributed by atoms with Gasteiger partial charge in [0.1, 0.15) is 11.5 Å². The summed E-state index contributed by atoms with van der Waals surface area (Å²) in [7, 11) is 1.31.